The molecule has 1 unspecified atom stereocenters. The number of rotatable bonds is 3. The molecule has 9 heteroatoms. The first-order valence-corrected chi connectivity index (χ1v) is 7.06. The highest BCUT2D eigenvalue weighted by molar-refractivity contribution is 5.95. The first kappa shape index (κ1) is 15.5. The van der Waals surface area contributed by atoms with Crippen LogP contribution in [0.25, 0.3) is 0 Å². The summed E-state index contributed by atoms with van der Waals surface area (Å²) in [7, 11) is 0. The Morgan fingerprint density at radius 2 is 1.83 bits per heavy atom. The van der Waals surface area contributed by atoms with Gasteiger partial charge in [-0.25, -0.2) is 13.6 Å². The summed E-state index contributed by atoms with van der Waals surface area (Å²) in [5, 5.41) is 0. The molecule has 1 aromatic carbocycles. The minimum atomic E-state index is -1.13. The molecule has 2 saturated heterocycles. The normalized spacial score (nSPS) is 21.5. The maximum absolute atomic E-state index is 14.3. The zero-order chi connectivity index (χ0) is 16.6. The van der Waals surface area contributed by atoms with Crippen molar-refractivity contribution in [3.05, 3.63) is 23.8 Å². The smallest absolute Gasteiger partial charge is 0.415 e. The average molecular weight is 327 g/mol. The number of primary amides is 1. The van der Waals surface area contributed by atoms with Gasteiger partial charge in [0.2, 0.25) is 0 Å². The van der Waals surface area contributed by atoms with Crippen LogP contribution in [0.2, 0.25) is 0 Å². The Balaban J connectivity index is 1.88. The van der Waals surface area contributed by atoms with Crippen molar-refractivity contribution in [3.63, 3.8) is 0 Å². The maximum atomic E-state index is 14.3. The number of amides is 2. The molecule has 2 aliphatic rings. The van der Waals surface area contributed by atoms with E-state index in [4.69, 9.17) is 15.2 Å². The molecular weight excluding hydrogens is 312 g/mol. The predicted molar refractivity (Wildman–Crippen MR) is 76.2 cm³/mol. The lowest BCUT2D eigenvalue weighted by Crippen LogP contribution is -2.37. The Morgan fingerprint density at radius 3 is 2.35 bits per heavy atom. The van der Waals surface area contributed by atoms with Gasteiger partial charge < -0.3 is 20.1 Å². The first-order chi connectivity index (χ1) is 11.0. The van der Waals surface area contributed by atoms with Crippen molar-refractivity contribution in [1.29, 1.82) is 0 Å². The number of hydrogen-bond donors (Lipinski definition) is 1. The van der Waals surface area contributed by atoms with E-state index in [1.807, 2.05) is 0 Å². The second-order valence-electron chi connectivity index (χ2n) is 5.24. The highest BCUT2D eigenvalue weighted by atomic mass is 19.1. The van der Waals surface area contributed by atoms with Crippen molar-refractivity contribution in [1.82, 2.24) is 0 Å². The minimum Gasteiger partial charge on any atom is -0.434 e. The summed E-state index contributed by atoms with van der Waals surface area (Å²) >= 11 is 0. The van der Waals surface area contributed by atoms with Crippen LogP contribution in [0.4, 0.5) is 25.0 Å². The van der Waals surface area contributed by atoms with Gasteiger partial charge in [0.25, 0.3) is 5.91 Å². The number of anilines is 2. The van der Waals surface area contributed by atoms with Crippen LogP contribution in [0.1, 0.15) is 0 Å². The van der Waals surface area contributed by atoms with Gasteiger partial charge in [-0.3, -0.25) is 9.69 Å². The third kappa shape index (κ3) is 2.91. The van der Waals surface area contributed by atoms with Crippen molar-refractivity contribution < 1.29 is 27.8 Å². The first-order valence-electron chi connectivity index (χ1n) is 7.06. The van der Waals surface area contributed by atoms with Gasteiger partial charge in [0.15, 0.2) is 17.7 Å². The molecule has 1 atom stereocenters. The lowest BCUT2D eigenvalue weighted by Gasteiger charge is -2.29. The molecule has 3 rings (SSSR count). The van der Waals surface area contributed by atoms with Crippen LogP contribution in [-0.4, -0.2) is 51.0 Å². The fourth-order valence-corrected chi connectivity index (χ4v) is 2.62. The molecular formula is C14H15F2N3O4. The van der Waals surface area contributed by atoms with Crippen LogP contribution in [0, 0.1) is 11.6 Å². The number of carbonyl (C=O) groups is 2. The summed E-state index contributed by atoms with van der Waals surface area (Å²) in [6.07, 6.45) is -2.00. The van der Waals surface area contributed by atoms with Gasteiger partial charge in [-0.1, -0.05) is 0 Å². The van der Waals surface area contributed by atoms with Crippen molar-refractivity contribution in [2.24, 2.45) is 5.73 Å². The van der Waals surface area contributed by atoms with Crippen LogP contribution in [-0.2, 0) is 14.3 Å². The quantitative estimate of drug-likeness (QED) is 0.879. The van der Waals surface area contributed by atoms with E-state index in [-0.39, 0.29) is 17.9 Å². The molecule has 0 spiro atoms. The maximum Gasteiger partial charge on any atom is 0.415 e. The summed E-state index contributed by atoms with van der Waals surface area (Å²) in [6, 6.07) is 2.08. The molecule has 2 amide bonds. The Labute approximate surface area is 130 Å². The summed E-state index contributed by atoms with van der Waals surface area (Å²) in [5.74, 6) is -2.40. The second kappa shape index (κ2) is 5.99. The van der Waals surface area contributed by atoms with Crippen molar-refractivity contribution in [2.75, 3.05) is 42.6 Å². The molecule has 2 heterocycles. The Kier molecular flexibility index (Phi) is 4.03. The lowest BCUT2D eigenvalue weighted by atomic mass is 10.2. The lowest BCUT2D eigenvalue weighted by molar-refractivity contribution is -0.124. The van der Waals surface area contributed by atoms with Gasteiger partial charge in [0.1, 0.15) is 5.69 Å². The van der Waals surface area contributed by atoms with Gasteiger partial charge in [0, 0.05) is 25.2 Å². The van der Waals surface area contributed by atoms with Crippen molar-refractivity contribution in [3.8, 4) is 0 Å². The van der Waals surface area contributed by atoms with E-state index in [0.29, 0.717) is 26.3 Å². The molecule has 1 aromatic rings. The third-order valence-corrected chi connectivity index (χ3v) is 3.77. The number of halogens is 2. The summed E-state index contributed by atoms with van der Waals surface area (Å²) in [4.78, 5) is 25.3. The number of hydrogen-bond acceptors (Lipinski definition) is 5. The van der Waals surface area contributed by atoms with Crippen LogP contribution in [0.5, 0.6) is 0 Å². The van der Waals surface area contributed by atoms with Crippen molar-refractivity contribution >= 4 is 23.4 Å². The molecule has 0 saturated carbocycles. The minimum absolute atomic E-state index is 0.0224. The van der Waals surface area contributed by atoms with E-state index in [2.05, 4.69) is 0 Å². The Morgan fingerprint density at radius 1 is 1.22 bits per heavy atom. The molecule has 0 aromatic heterocycles. The average Bonchev–Trinajstić information content (AvgIpc) is 2.90. The van der Waals surface area contributed by atoms with Crippen LogP contribution < -0.4 is 15.5 Å². The van der Waals surface area contributed by atoms with E-state index in [0.717, 1.165) is 17.0 Å². The zero-order valence-corrected chi connectivity index (χ0v) is 12.1. The number of ether oxygens (including phenoxy) is 2. The molecule has 0 aliphatic carbocycles. The molecule has 2 N–H and O–H groups in total. The van der Waals surface area contributed by atoms with E-state index in [1.54, 1.807) is 4.90 Å². The van der Waals surface area contributed by atoms with E-state index in [9.17, 15) is 18.4 Å². The number of nitrogens with zero attached hydrogens (tertiary/aromatic N) is 2. The topological polar surface area (TPSA) is 85.1 Å². The van der Waals surface area contributed by atoms with Gasteiger partial charge in [-0.2, -0.15) is 0 Å². The number of cyclic esters (lactones) is 1. The summed E-state index contributed by atoms with van der Waals surface area (Å²) in [5.41, 5.74) is 4.89. The second-order valence-corrected chi connectivity index (χ2v) is 5.24. The van der Waals surface area contributed by atoms with Gasteiger partial charge in [-0.15, -0.1) is 0 Å². The van der Waals surface area contributed by atoms with Crippen LogP contribution in [0.3, 0.4) is 0 Å². The number of carbonyl (C=O) groups excluding carboxylic acids is 2. The molecule has 124 valence electrons. The molecule has 2 fully saturated rings. The van der Waals surface area contributed by atoms with E-state index in [1.165, 1.54) is 0 Å². The molecule has 23 heavy (non-hydrogen) atoms. The molecule has 7 nitrogen and oxygen atoms in total. The molecule has 2 aliphatic heterocycles. The Hall–Kier alpha value is -2.42. The molecule has 0 bridgehead atoms. The van der Waals surface area contributed by atoms with Gasteiger partial charge in [-0.05, 0) is 0 Å². The van der Waals surface area contributed by atoms with Crippen molar-refractivity contribution in [2.45, 2.75) is 6.10 Å². The monoisotopic (exact) mass is 327 g/mol. The highest BCUT2D eigenvalue weighted by Gasteiger charge is 2.36. The third-order valence-electron chi connectivity index (χ3n) is 3.77. The highest BCUT2D eigenvalue weighted by Crippen LogP contribution is 2.31. The summed E-state index contributed by atoms with van der Waals surface area (Å²) < 4.78 is 38.6. The van der Waals surface area contributed by atoms with E-state index >= 15 is 0 Å². The SMILES string of the molecule is NC(=O)C1CN(c2cc(F)c(N3CCOCC3)c(F)c2)C(=O)O1. The van der Waals surface area contributed by atoms with E-state index < -0.39 is 29.7 Å². The molecule has 0 radical (unpaired) electrons. The Bertz CT molecular complexity index is 626. The number of benzene rings is 1. The fraction of sp³-hybridized carbons (Fsp3) is 0.429. The van der Waals surface area contributed by atoms with Gasteiger partial charge >= 0.3 is 6.09 Å². The van der Waals surface area contributed by atoms with Crippen LogP contribution in [0.15, 0.2) is 12.1 Å². The number of morpholine rings is 1. The summed E-state index contributed by atoms with van der Waals surface area (Å²) in [6.45, 7) is 1.36. The fourth-order valence-electron chi connectivity index (χ4n) is 2.62. The number of nitrogens with two attached hydrogens (primary N) is 1. The largest absolute Gasteiger partial charge is 0.434 e. The van der Waals surface area contributed by atoms with Crippen LogP contribution >= 0.6 is 0 Å². The standard InChI is InChI=1S/C14H15F2N3O4/c15-9-5-8(19-7-11(13(17)20)23-14(19)21)6-10(16)12(9)18-1-3-22-4-2-18/h5-6,11H,1-4,7H2,(H2,17,20). The predicted octanol–water partition coefficient (Wildman–Crippen LogP) is 0.612. The van der Waals surface area contributed by atoms with Gasteiger partial charge in [0.05, 0.1) is 25.4 Å². The zero-order valence-electron chi connectivity index (χ0n) is 12.1.